The van der Waals surface area contributed by atoms with Gasteiger partial charge in [0.05, 0.1) is 6.54 Å². The van der Waals surface area contributed by atoms with Crippen LogP contribution in [0, 0.1) is 19.3 Å². The first-order chi connectivity index (χ1) is 8.20. The number of hydrogen-bond donors (Lipinski definition) is 2. The highest BCUT2D eigenvalue weighted by Crippen LogP contribution is 2.21. The van der Waals surface area contributed by atoms with Crippen LogP contribution in [0.4, 0.5) is 0 Å². The second kappa shape index (κ2) is 5.85. The maximum atomic E-state index is 11.8. The van der Waals surface area contributed by atoms with Crippen molar-refractivity contribution in [3.63, 3.8) is 0 Å². The summed E-state index contributed by atoms with van der Waals surface area (Å²) >= 11 is 1.73. The number of nitrogens with one attached hydrogen (secondary N) is 1. The smallest absolute Gasteiger partial charge is 0.221 e. The van der Waals surface area contributed by atoms with E-state index in [1.165, 1.54) is 15.3 Å². The zero-order valence-corrected chi connectivity index (χ0v) is 12.8. The zero-order chi connectivity index (χ0) is 13.9. The highest BCUT2D eigenvalue weighted by atomic mass is 32.1. The number of rotatable bonds is 4. The third kappa shape index (κ3) is 4.42. The summed E-state index contributed by atoms with van der Waals surface area (Å²) in [4.78, 5) is 14.3. The molecule has 0 fully saturated rings. The van der Waals surface area contributed by atoms with E-state index >= 15 is 0 Å². The first kappa shape index (κ1) is 15.2. The van der Waals surface area contributed by atoms with Gasteiger partial charge < -0.3 is 11.1 Å². The summed E-state index contributed by atoms with van der Waals surface area (Å²) in [5, 5.41) is 2.93. The second-order valence-corrected chi connectivity index (χ2v) is 7.25. The molecule has 0 aromatic carbocycles. The van der Waals surface area contributed by atoms with Crippen LogP contribution in [-0.4, -0.2) is 11.9 Å². The van der Waals surface area contributed by atoms with Crippen LogP contribution >= 0.6 is 11.3 Å². The Hall–Kier alpha value is -0.870. The molecule has 1 aromatic heterocycles. The van der Waals surface area contributed by atoms with Gasteiger partial charge in [-0.3, -0.25) is 4.79 Å². The van der Waals surface area contributed by atoms with Gasteiger partial charge in [0.15, 0.2) is 0 Å². The summed E-state index contributed by atoms with van der Waals surface area (Å²) in [7, 11) is 0. The second-order valence-electron chi connectivity index (χ2n) is 5.91. The predicted octanol–water partition coefficient (Wildman–Crippen LogP) is 2.74. The average molecular weight is 268 g/mol. The number of thiophene rings is 1. The lowest BCUT2D eigenvalue weighted by atomic mass is 9.85. The largest absolute Gasteiger partial charge is 0.351 e. The van der Waals surface area contributed by atoms with Crippen molar-refractivity contribution in [2.45, 2.75) is 53.6 Å². The van der Waals surface area contributed by atoms with Crippen molar-refractivity contribution in [2.24, 2.45) is 11.1 Å². The lowest BCUT2D eigenvalue weighted by molar-refractivity contribution is -0.122. The van der Waals surface area contributed by atoms with Crippen molar-refractivity contribution in [2.75, 3.05) is 0 Å². The molecule has 1 aromatic rings. The Labute approximate surface area is 114 Å². The van der Waals surface area contributed by atoms with Gasteiger partial charge in [0.25, 0.3) is 0 Å². The number of aryl methyl sites for hydroxylation is 2. The Morgan fingerprint density at radius 1 is 1.44 bits per heavy atom. The molecule has 0 radical (unpaired) electrons. The van der Waals surface area contributed by atoms with Crippen LogP contribution in [0.1, 0.15) is 42.5 Å². The molecule has 1 atom stereocenters. The molecular weight excluding hydrogens is 244 g/mol. The van der Waals surface area contributed by atoms with Gasteiger partial charge in [-0.15, -0.1) is 11.3 Å². The van der Waals surface area contributed by atoms with Gasteiger partial charge in [-0.05, 0) is 30.9 Å². The van der Waals surface area contributed by atoms with Gasteiger partial charge in [0.1, 0.15) is 0 Å². The van der Waals surface area contributed by atoms with Crippen molar-refractivity contribution in [1.82, 2.24) is 5.32 Å². The molecule has 1 rings (SSSR count). The van der Waals surface area contributed by atoms with E-state index in [1.807, 2.05) is 0 Å². The summed E-state index contributed by atoms with van der Waals surface area (Å²) in [6.45, 7) is 11.0. The highest BCUT2D eigenvalue weighted by molar-refractivity contribution is 7.12. The molecule has 18 heavy (non-hydrogen) atoms. The maximum absolute atomic E-state index is 11.8. The molecule has 0 aliphatic heterocycles. The van der Waals surface area contributed by atoms with E-state index in [9.17, 15) is 4.79 Å². The molecule has 0 saturated heterocycles. The fourth-order valence-corrected chi connectivity index (χ4v) is 2.49. The molecule has 0 spiro atoms. The van der Waals surface area contributed by atoms with E-state index in [0.29, 0.717) is 13.0 Å². The monoisotopic (exact) mass is 268 g/mol. The molecule has 1 heterocycles. The Kier molecular flexibility index (Phi) is 4.93. The first-order valence-electron chi connectivity index (χ1n) is 6.28. The number of carbonyl (C=O) groups excluding carboxylic acids is 1. The van der Waals surface area contributed by atoms with Crippen LogP contribution in [0.25, 0.3) is 0 Å². The van der Waals surface area contributed by atoms with E-state index in [2.05, 4.69) is 46.0 Å². The lowest BCUT2D eigenvalue weighted by Gasteiger charge is -2.26. The van der Waals surface area contributed by atoms with Gasteiger partial charge in [0, 0.05) is 22.2 Å². The van der Waals surface area contributed by atoms with Gasteiger partial charge in [0.2, 0.25) is 5.91 Å². The standard InChI is InChI=1S/C14H24N2OS/c1-9-6-11(18-10(9)2)8-16-13(17)7-12(15)14(3,4)5/h6,12H,7-8,15H2,1-5H3,(H,16,17). The van der Waals surface area contributed by atoms with Crippen molar-refractivity contribution in [3.8, 4) is 0 Å². The summed E-state index contributed by atoms with van der Waals surface area (Å²) in [5.41, 5.74) is 7.24. The van der Waals surface area contributed by atoms with Crippen molar-refractivity contribution < 1.29 is 4.79 Å². The molecule has 0 aliphatic rings. The fraction of sp³-hybridized carbons (Fsp3) is 0.643. The number of hydrogen-bond acceptors (Lipinski definition) is 3. The third-order valence-electron chi connectivity index (χ3n) is 3.19. The predicted molar refractivity (Wildman–Crippen MR) is 77.7 cm³/mol. The molecule has 1 amide bonds. The number of nitrogens with two attached hydrogens (primary N) is 1. The van der Waals surface area contributed by atoms with E-state index in [0.717, 1.165) is 0 Å². The van der Waals surface area contributed by atoms with Crippen LogP contribution < -0.4 is 11.1 Å². The minimum Gasteiger partial charge on any atom is -0.351 e. The molecule has 4 heteroatoms. The summed E-state index contributed by atoms with van der Waals surface area (Å²) in [5.74, 6) is 0.0288. The third-order valence-corrected chi connectivity index (χ3v) is 4.35. The van der Waals surface area contributed by atoms with E-state index in [-0.39, 0.29) is 17.4 Å². The molecule has 3 nitrogen and oxygen atoms in total. The van der Waals surface area contributed by atoms with Crippen LogP contribution in [0.3, 0.4) is 0 Å². The Morgan fingerprint density at radius 2 is 2.06 bits per heavy atom. The minimum absolute atomic E-state index is 0.0288. The molecular formula is C14H24N2OS. The first-order valence-corrected chi connectivity index (χ1v) is 7.10. The van der Waals surface area contributed by atoms with Gasteiger partial charge >= 0.3 is 0 Å². The van der Waals surface area contributed by atoms with E-state index < -0.39 is 0 Å². The molecule has 0 saturated carbocycles. The summed E-state index contributed by atoms with van der Waals surface area (Å²) < 4.78 is 0. The normalized spacial score (nSPS) is 13.4. The lowest BCUT2D eigenvalue weighted by Crippen LogP contribution is -2.39. The molecule has 0 bridgehead atoms. The fourth-order valence-electron chi connectivity index (χ4n) is 1.50. The molecule has 0 aliphatic carbocycles. The molecule has 3 N–H and O–H groups in total. The highest BCUT2D eigenvalue weighted by Gasteiger charge is 2.22. The number of amides is 1. The van der Waals surface area contributed by atoms with Gasteiger partial charge in [-0.25, -0.2) is 0 Å². The summed E-state index contributed by atoms with van der Waals surface area (Å²) in [6, 6.07) is 2.02. The van der Waals surface area contributed by atoms with Crippen molar-refractivity contribution >= 4 is 17.2 Å². The van der Waals surface area contributed by atoms with Crippen LogP contribution in [0.5, 0.6) is 0 Å². The van der Waals surface area contributed by atoms with Crippen LogP contribution in [0.2, 0.25) is 0 Å². The Bertz CT molecular complexity index is 398. The maximum Gasteiger partial charge on any atom is 0.221 e. The van der Waals surface area contributed by atoms with Crippen molar-refractivity contribution in [1.29, 1.82) is 0 Å². The minimum atomic E-state index is -0.107. The van der Waals surface area contributed by atoms with Crippen LogP contribution in [0.15, 0.2) is 6.07 Å². The van der Waals surface area contributed by atoms with Crippen LogP contribution in [-0.2, 0) is 11.3 Å². The average Bonchev–Trinajstić information content (AvgIpc) is 2.54. The van der Waals surface area contributed by atoms with Gasteiger partial charge in [-0.1, -0.05) is 20.8 Å². The van der Waals surface area contributed by atoms with Gasteiger partial charge in [-0.2, -0.15) is 0 Å². The zero-order valence-electron chi connectivity index (χ0n) is 12.0. The quantitative estimate of drug-likeness (QED) is 0.882. The van der Waals surface area contributed by atoms with E-state index in [1.54, 1.807) is 11.3 Å². The van der Waals surface area contributed by atoms with Crippen molar-refractivity contribution in [3.05, 3.63) is 21.4 Å². The number of carbonyl (C=O) groups is 1. The summed E-state index contributed by atoms with van der Waals surface area (Å²) in [6.07, 6.45) is 0.382. The molecule has 102 valence electrons. The SMILES string of the molecule is Cc1cc(CNC(=O)CC(N)C(C)(C)C)sc1C. The molecule has 1 unspecified atom stereocenters. The Balaban J connectivity index is 2.42. The Morgan fingerprint density at radius 3 is 2.50 bits per heavy atom. The topological polar surface area (TPSA) is 55.1 Å². The van der Waals surface area contributed by atoms with E-state index in [4.69, 9.17) is 5.73 Å².